The number of hydrogen-bond acceptors (Lipinski definition) is 3. The molecular weight excluding hydrogens is 349 g/mol. The number of nitrogens with zero attached hydrogens (tertiary/aromatic N) is 2. The zero-order valence-electron chi connectivity index (χ0n) is 10.9. The number of anilines is 1. The number of halogens is 1. The highest BCUT2D eigenvalue weighted by molar-refractivity contribution is 14.1. The highest BCUT2D eigenvalue weighted by Crippen LogP contribution is 2.40. The van der Waals surface area contributed by atoms with Crippen molar-refractivity contribution in [2.45, 2.75) is 25.7 Å². The van der Waals surface area contributed by atoms with Crippen LogP contribution in [0, 0.1) is 3.57 Å². The Morgan fingerprint density at radius 3 is 2.95 bits per heavy atom. The summed E-state index contributed by atoms with van der Waals surface area (Å²) in [6, 6.07) is 8.63. The van der Waals surface area contributed by atoms with Gasteiger partial charge in [-0.1, -0.05) is 18.2 Å². The first-order chi connectivity index (χ1) is 9.28. The van der Waals surface area contributed by atoms with Gasteiger partial charge in [0.2, 0.25) is 0 Å². The van der Waals surface area contributed by atoms with Crippen LogP contribution in [0.5, 0.6) is 0 Å². The Morgan fingerprint density at radius 2 is 2.21 bits per heavy atom. The van der Waals surface area contributed by atoms with Crippen LogP contribution < -0.4 is 5.32 Å². The Morgan fingerprint density at radius 1 is 1.37 bits per heavy atom. The zero-order valence-corrected chi connectivity index (χ0v) is 13.0. The zero-order chi connectivity index (χ0) is 13.2. The Hall–Kier alpha value is -1.17. The highest BCUT2D eigenvalue weighted by atomic mass is 127. The lowest BCUT2D eigenvalue weighted by atomic mass is 10.1. The number of hydrogen-bond donors (Lipinski definition) is 1. The Bertz CT molecular complexity index is 594. The van der Waals surface area contributed by atoms with Crippen molar-refractivity contribution in [2.24, 2.45) is 0 Å². The van der Waals surface area contributed by atoms with Crippen molar-refractivity contribution in [3.05, 3.63) is 39.6 Å². The van der Waals surface area contributed by atoms with E-state index in [4.69, 9.17) is 0 Å². The van der Waals surface area contributed by atoms with E-state index in [2.05, 4.69) is 69.1 Å². The van der Waals surface area contributed by atoms with Crippen LogP contribution in [-0.4, -0.2) is 16.5 Å². The van der Waals surface area contributed by atoms with Gasteiger partial charge in [0.05, 0.1) is 3.57 Å². The molecule has 0 radical (unpaired) electrons. The van der Waals surface area contributed by atoms with Gasteiger partial charge in [0.1, 0.15) is 5.82 Å². The van der Waals surface area contributed by atoms with Crippen LogP contribution in [0.4, 0.5) is 5.82 Å². The minimum absolute atomic E-state index is 0.761. The van der Waals surface area contributed by atoms with E-state index < -0.39 is 0 Å². The predicted octanol–water partition coefficient (Wildman–Crippen LogP) is 4.06. The van der Waals surface area contributed by atoms with Crippen molar-refractivity contribution in [3.8, 4) is 11.4 Å². The van der Waals surface area contributed by atoms with Crippen molar-refractivity contribution in [2.75, 3.05) is 11.9 Å². The molecule has 0 saturated heterocycles. The van der Waals surface area contributed by atoms with E-state index in [0.717, 1.165) is 33.2 Å². The molecule has 0 spiro atoms. The van der Waals surface area contributed by atoms with E-state index in [1.807, 2.05) is 6.20 Å². The molecule has 0 aliphatic heterocycles. The second kappa shape index (κ2) is 5.45. The lowest BCUT2D eigenvalue weighted by Gasteiger charge is -2.08. The summed E-state index contributed by atoms with van der Waals surface area (Å²) in [5, 5.41) is 3.28. The molecule has 3 rings (SSSR count). The molecule has 0 amide bonds. The van der Waals surface area contributed by atoms with Crippen LogP contribution in [0.1, 0.15) is 31.2 Å². The smallest absolute Gasteiger partial charge is 0.161 e. The van der Waals surface area contributed by atoms with Crippen molar-refractivity contribution in [3.63, 3.8) is 0 Å². The molecule has 4 heteroatoms. The maximum Gasteiger partial charge on any atom is 0.161 e. The molecule has 0 bridgehead atoms. The number of benzene rings is 1. The van der Waals surface area contributed by atoms with Crippen molar-refractivity contribution < 1.29 is 0 Å². The molecule has 1 fully saturated rings. The third kappa shape index (κ3) is 2.88. The third-order valence-corrected chi connectivity index (χ3v) is 4.07. The average molecular weight is 365 g/mol. The van der Waals surface area contributed by atoms with Crippen LogP contribution in [0.3, 0.4) is 0 Å². The molecule has 1 heterocycles. The SMILES string of the molecule is CCNc1nc(-c2cccc(C3CC3)c2)ncc1I. The van der Waals surface area contributed by atoms with Crippen molar-refractivity contribution in [1.29, 1.82) is 0 Å². The Kier molecular flexibility index (Phi) is 3.68. The molecule has 3 nitrogen and oxygen atoms in total. The first-order valence-corrected chi connectivity index (χ1v) is 7.72. The molecule has 1 aromatic carbocycles. The van der Waals surface area contributed by atoms with E-state index in [9.17, 15) is 0 Å². The lowest BCUT2D eigenvalue weighted by molar-refractivity contribution is 1.09. The number of aromatic nitrogens is 2. The molecule has 1 N–H and O–H groups in total. The third-order valence-electron chi connectivity index (χ3n) is 3.28. The highest BCUT2D eigenvalue weighted by Gasteiger charge is 2.23. The van der Waals surface area contributed by atoms with Crippen LogP contribution in [0.25, 0.3) is 11.4 Å². The predicted molar refractivity (Wildman–Crippen MR) is 86.3 cm³/mol. The van der Waals surface area contributed by atoms with Gasteiger partial charge < -0.3 is 5.32 Å². The molecule has 0 unspecified atom stereocenters. The summed E-state index contributed by atoms with van der Waals surface area (Å²) in [6.45, 7) is 2.94. The maximum atomic E-state index is 4.62. The maximum absolute atomic E-state index is 4.62. The summed E-state index contributed by atoms with van der Waals surface area (Å²) in [6.07, 6.45) is 4.52. The summed E-state index contributed by atoms with van der Waals surface area (Å²) < 4.78 is 1.06. The molecule has 1 aliphatic carbocycles. The molecule has 19 heavy (non-hydrogen) atoms. The number of nitrogens with one attached hydrogen (secondary N) is 1. The van der Waals surface area contributed by atoms with Crippen LogP contribution in [0.2, 0.25) is 0 Å². The quantitative estimate of drug-likeness (QED) is 0.831. The summed E-state index contributed by atoms with van der Waals surface area (Å²) in [5.74, 6) is 2.49. The van der Waals surface area contributed by atoms with Crippen LogP contribution in [-0.2, 0) is 0 Å². The summed E-state index contributed by atoms with van der Waals surface area (Å²) in [4.78, 5) is 9.08. The standard InChI is InChI=1S/C15H16IN3/c1-2-17-15-13(16)9-18-14(19-15)12-5-3-4-11(8-12)10-6-7-10/h3-5,8-10H,2,6-7H2,1H3,(H,17,18,19). The minimum atomic E-state index is 0.761. The largest absolute Gasteiger partial charge is 0.369 e. The first kappa shape index (κ1) is 12.8. The fourth-order valence-electron chi connectivity index (χ4n) is 2.15. The van der Waals surface area contributed by atoms with Gasteiger partial charge in [-0.25, -0.2) is 9.97 Å². The summed E-state index contributed by atoms with van der Waals surface area (Å²) in [7, 11) is 0. The monoisotopic (exact) mass is 365 g/mol. The van der Waals surface area contributed by atoms with E-state index >= 15 is 0 Å². The minimum Gasteiger partial charge on any atom is -0.369 e. The average Bonchev–Trinajstić information content (AvgIpc) is 3.26. The normalized spacial score (nSPS) is 14.4. The topological polar surface area (TPSA) is 37.8 Å². The van der Waals surface area contributed by atoms with E-state index in [0.29, 0.717) is 0 Å². The fraction of sp³-hybridized carbons (Fsp3) is 0.333. The van der Waals surface area contributed by atoms with Gasteiger partial charge in [-0.05, 0) is 59.9 Å². The number of rotatable bonds is 4. The molecule has 1 saturated carbocycles. The molecular formula is C15H16IN3. The van der Waals surface area contributed by atoms with Gasteiger partial charge >= 0.3 is 0 Å². The van der Waals surface area contributed by atoms with Crippen LogP contribution in [0.15, 0.2) is 30.5 Å². The van der Waals surface area contributed by atoms with Gasteiger partial charge in [-0.2, -0.15) is 0 Å². The van der Waals surface area contributed by atoms with E-state index in [1.165, 1.54) is 18.4 Å². The molecule has 1 aliphatic rings. The van der Waals surface area contributed by atoms with Crippen molar-refractivity contribution in [1.82, 2.24) is 9.97 Å². The van der Waals surface area contributed by atoms with Gasteiger partial charge in [0.15, 0.2) is 5.82 Å². The second-order valence-electron chi connectivity index (χ2n) is 4.82. The Labute approximate surface area is 127 Å². The Balaban J connectivity index is 1.96. The summed E-state index contributed by atoms with van der Waals surface area (Å²) in [5.41, 5.74) is 2.53. The molecule has 98 valence electrons. The van der Waals surface area contributed by atoms with Crippen molar-refractivity contribution >= 4 is 28.4 Å². The fourth-order valence-corrected chi connectivity index (χ4v) is 2.60. The van der Waals surface area contributed by atoms with Gasteiger partial charge in [0.25, 0.3) is 0 Å². The van der Waals surface area contributed by atoms with E-state index in [1.54, 1.807) is 0 Å². The van der Waals surface area contributed by atoms with E-state index in [-0.39, 0.29) is 0 Å². The van der Waals surface area contributed by atoms with Gasteiger partial charge in [-0.15, -0.1) is 0 Å². The van der Waals surface area contributed by atoms with Crippen LogP contribution >= 0.6 is 22.6 Å². The van der Waals surface area contributed by atoms with Gasteiger partial charge in [0, 0.05) is 18.3 Å². The first-order valence-electron chi connectivity index (χ1n) is 6.64. The molecule has 0 atom stereocenters. The lowest BCUT2D eigenvalue weighted by Crippen LogP contribution is -2.03. The molecule has 1 aromatic heterocycles. The molecule has 2 aromatic rings. The summed E-state index contributed by atoms with van der Waals surface area (Å²) >= 11 is 2.26. The van der Waals surface area contributed by atoms with Gasteiger partial charge in [-0.3, -0.25) is 0 Å². The second-order valence-corrected chi connectivity index (χ2v) is 5.98.